The zero-order chi connectivity index (χ0) is 8.40. The SMILES string of the molecule is OC12CC3CCCC(O)(C1)C3C2. The Morgan fingerprint density at radius 2 is 2.00 bits per heavy atom. The highest BCUT2D eigenvalue weighted by Crippen LogP contribution is 2.61. The molecule has 4 unspecified atom stereocenters. The van der Waals surface area contributed by atoms with Crippen LogP contribution in [0.5, 0.6) is 0 Å². The maximum Gasteiger partial charge on any atom is 0.0706 e. The van der Waals surface area contributed by atoms with Gasteiger partial charge in [-0.25, -0.2) is 0 Å². The van der Waals surface area contributed by atoms with Crippen molar-refractivity contribution in [3.63, 3.8) is 0 Å². The molecule has 0 spiro atoms. The average Bonchev–Trinajstić information content (AvgIpc) is 2.36. The Morgan fingerprint density at radius 1 is 1.17 bits per heavy atom. The lowest BCUT2D eigenvalue weighted by atomic mass is 9.68. The maximum absolute atomic E-state index is 10.2. The number of rotatable bonds is 0. The number of fused-ring (bicyclic) bond motifs is 1. The van der Waals surface area contributed by atoms with Gasteiger partial charge in [0.1, 0.15) is 0 Å². The van der Waals surface area contributed by atoms with Crippen molar-refractivity contribution in [2.75, 3.05) is 0 Å². The standard InChI is InChI=1S/C10H16O2/c11-9-4-7-2-1-3-10(12,6-9)8(7)5-9/h7-8,11-12H,1-6H2. The zero-order valence-corrected chi connectivity index (χ0v) is 7.29. The highest BCUT2D eigenvalue weighted by Gasteiger charge is 2.62. The molecule has 3 fully saturated rings. The van der Waals surface area contributed by atoms with Gasteiger partial charge < -0.3 is 10.2 Å². The minimum atomic E-state index is -0.482. The molecule has 3 rings (SSSR count). The second-order valence-corrected chi connectivity index (χ2v) is 5.17. The van der Waals surface area contributed by atoms with Gasteiger partial charge in [-0.1, -0.05) is 6.42 Å². The summed E-state index contributed by atoms with van der Waals surface area (Å²) in [6.07, 6.45) is 5.80. The van der Waals surface area contributed by atoms with Gasteiger partial charge in [-0.2, -0.15) is 0 Å². The molecule has 3 aliphatic carbocycles. The summed E-state index contributed by atoms with van der Waals surface area (Å²) in [6.45, 7) is 0. The summed E-state index contributed by atoms with van der Waals surface area (Å²) in [5, 5.41) is 20.3. The smallest absolute Gasteiger partial charge is 0.0706 e. The largest absolute Gasteiger partial charge is 0.390 e. The van der Waals surface area contributed by atoms with Gasteiger partial charge >= 0.3 is 0 Å². The van der Waals surface area contributed by atoms with Crippen LogP contribution in [0.3, 0.4) is 0 Å². The predicted octanol–water partition coefficient (Wildman–Crippen LogP) is 1.06. The lowest BCUT2D eigenvalue weighted by Crippen LogP contribution is -2.45. The van der Waals surface area contributed by atoms with Crippen LogP contribution in [0.1, 0.15) is 38.5 Å². The molecule has 2 N–H and O–H groups in total. The topological polar surface area (TPSA) is 40.5 Å². The third-order valence-corrected chi connectivity index (χ3v) is 4.32. The summed E-state index contributed by atoms with van der Waals surface area (Å²) in [4.78, 5) is 0. The molecule has 68 valence electrons. The van der Waals surface area contributed by atoms with E-state index in [1.165, 1.54) is 6.42 Å². The molecule has 0 aromatic rings. The van der Waals surface area contributed by atoms with Crippen molar-refractivity contribution in [2.45, 2.75) is 49.7 Å². The van der Waals surface area contributed by atoms with E-state index in [1.54, 1.807) is 0 Å². The van der Waals surface area contributed by atoms with Crippen molar-refractivity contribution in [2.24, 2.45) is 11.8 Å². The molecule has 0 aromatic heterocycles. The van der Waals surface area contributed by atoms with E-state index in [2.05, 4.69) is 0 Å². The van der Waals surface area contributed by atoms with Crippen LogP contribution >= 0.6 is 0 Å². The molecule has 12 heavy (non-hydrogen) atoms. The fraction of sp³-hybridized carbons (Fsp3) is 1.00. The Kier molecular flexibility index (Phi) is 1.15. The van der Waals surface area contributed by atoms with Crippen LogP contribution in [0.15, 0.2) is 0 Å². The van der Waals surface area contributed by atoms with Crippen LogP contribution in [-0.4, -0.2) is 21.4 Å². The second kappa shape index (κ2) is 1.88. The molecule has 0 heterocycles. The summed E-state index contributed by atoms with van der Waals surface area (Å²) in [5.41, 5.74) is -0.958. The fourth-order valence-electron chi connectivity index (χ4n) is 4.01. The first kappa shape index (κ1) is 7.34. The predicted molar refractivity (Wildman–Crippen MR) is 44.6 cm³/mol. The van der Waals surface area contributed by atoms with Gasteiger partial charge in [0.25, 0.3) is 0 Å². The lowest BCUT2D eigenvalue weighted by Gasteiger charge is -2.43. The van der Waals surface area contributed by atoms with Crippen molar-refractivity contribution in [1.82, 2.24) is 0 Å². The first-order valence-electron chi connectivity index (χ1n) is 5.06. The highest BCUT2D eigenvalue weighted by atomic mass is 16.3. The van der Waals surface area contributed by atoms with Crippen molar-refractivity contribution < 1.29 is 10.2 Å². The van der Waals surface area contributed by atoms with Crippen LogP contribution in [0.4, 0.5) is 0 Å². The highest BCUT2D eigenvalue weighted by molar-refractivity contribution is 5.14. The van der Waals surface area contributed by atoms with Crippen molar-refractivity contribution in [3.05, 3.63) is 0 Å². The van der Waals surface area contributed by atoms with Gasteiger partial charge in [0.2, 0.25) is 0 Å². The first-order valence-corrected chi connectivity index (χ1v) is 5.06. The van der Waals surface area contributed by atoms with Gasteiger partial charge in [-0.05, 0) is 37.5 Å². The minimum absolute atomic E-state index is 0.427. The molecule has 2 nitrogen and oxygen atoms in total. The summed E-state index contributed by atoms with van der Waals surface area (Å²) >= 11 is 0. The zero-order valence-electron chi connectivity index (χ0n) is 7.29. The van der Waals surface area contributed by atoms with Crippen LogP contribution in [0, 0.1) is 11.8 Å². The summed E-state index contributed by atoms with van der Waals surface area (Å²) in [7, 11) is 0. The third kappa shape index (κ3) is 0.728. The quantitative estimate of drug-likeness (QED) is 0.568. The molecule has 0 aromatic carbocycles. The van der Waals surface area contributed by atoms with Crippen molar-refractivity contribution in [1.29, 1.82) is 0 Å². The van der Waals surface area contributed by atoms with Crippen LogP contribution in [0.25, 0.3) is 0 Å². The number of aliphatic hydroxyl groups is 2. The number of hydrogen-bond donors (Lipinski definition) is 2. The van der Waals surface area contributed by atoms with Crippen LogP contribution in [-0.2, 0) is 0 Å². The molecule has 0 amide bonds. The van der Waals surface area contributed by atoms with Crippen LogP contribution < -0.4 is 0 Å². The number of hydrogen-bond acceptors (Lipinski definition) is 2. The Labute approximate surface area is 72.6 Å². The van der Waals surface area contributed by atoms with Crippen molar-refractivity contribution >= 4 is 0 Å². The lowest BCUT2D eigenvalue weighted by molar-refractivity contribution is -0.0960. The Balaban J connectivity index is 2.00. The molecular formula is C10H16O2. The second-order valence-electron chi connectivity index (χ2n) is 5.17. The molecule has 3 aliphatic rings. The van der Waals surface area contributed by atoms with E-state index in [0.29, 0.717) is 18.3 Å². The Hall–Kier alpha value is -0.0800. The maximum atomic E-state index is 10.2. The summed E-state index contributed by atoms with van der Waals surface area (Å²) < 4.78 is 0. The van der Waals surface area contributed by atoms with E-state index in [-0.39, 0.29) is 0 Å². The molecule has 0 radical (unpaired) electrons. The van der Waals surface area contributed by atoms with Crippen molar-refractivity contribution in [3.8, 4) is 0 Å². The van der Waals surface area contributed by atoms with E-state index in [0.717, 1.165) is 25.7 Å². The summed E-state index contributed by atoms with van der Waals surface area (Å²) in [5.74, 6) is 1.05. The average molecular weight is 168 g/mol. The van der Waals surface area contributed by atoms with Gasteiger partial charge in [0.15, 0.2) is 0 Å². The third-order valence-electron chi connectivity index (χ3n) is 4.32. The van der Waals surface area contributed by atoms with Gasteiger partial charge in [0.05, 0.1) is 11.2 Å². The van der Waals surface area contributed by atoms with E-state index >= 15 is 0 Å². The molecule has 2 heteroatoms. The Morgan fingerprint density at radius 3 is 2.58 bits per heavy atom. The van der Waals surface area contributed by atoms with E-state index in [9.17, 15) is 10.2 Å². The molecule has 3 saturated carbocycles. The van der Waals surface area contributed by atoms with Crippen LogP contribution in [0.2, 0.25) is 0 Å². The monoisotopic (exact) mass is 168 g/mol. The summed E-state index contributed by atoms with van der Waals surface area (Å²) in [6, 6.07) is 0. The van der Waals surface area contributed by atoms with Gasteiger partial charge in [0, 0.05) is 6.42 Å². The molecule has 0 aliphatic heterocycles. The fourth-order valence-corrected chi connectivity index (χ4v) is 4.01. The normalized spacial score (nSPS) is 62.5. The minimum Gasteiger partial charge on any atom is -0.390 e. The van der Waals surface area contributed by atoms with E-state index in [4.69, 9.17) is 0 Å². The molecule has 4 atom stereocenters. The first-order chi connectivity index (χ1) is 5.61. The van der Waals surface area contributed by atoms with Gasteiger partial charge in [-0.15, -0.1) is 0 Å². The molecule has 2 bridgehead atoms. The van der Waals surface area contributed by atoms with E-state index < -0.39 is 11.2 Å². The van der Waals surface area contributed by atoms with E-state index in [1.807, 2.05) is 0 Å². The van der Waals surface area contributed by atoms with Gasteiger partial charge in [-0.3, -0.25) is 0 Å². The molecular weight excluding hydrogens is 152 g/mol. The molecule has 0 saturated heterocycles. The Bertz CT molecular complexity index is 228.